The molecule has 1 aromatic heterocycles. The zero-order valence-corrected chi connectivity index (χ0v) is 18.3. The maximum atomic E-state index is 12.7. The molecule has 3 saturated carbocycles. The zero-order chi connectivity index (χ0) is 25.4. The first-order valence-corrected chi connectivity index (χ1v) is 10.9. The van der Waals surface area contributed by atoms with Crippen LogP contribution in [0, 0.1) is 0 Å². The maximum Gasteiger partial charge on any atom is 0.416 e. The predicted molar refractivity (Wildman–Crippen MR) is 109 cm³/mol. The molecule has 2 bridgehead atoms. The third-order valence-corrected chi connectivity index (χ3v) is 6.74. The van der Waals surface area contributed by atoms with E-state index in [0.717, 1.165) is 30.3 Å². The second-order valence-corrected chi connectivity index (χ2v) is 9.02. The summed E-state index contributed by atoms with van der Waals surface area (Å²) in [5, 5.41) is 30.2. The van der Waals surface area contributed by atoms with Gasteiger partial charge in [0.25, 0.3) is 12.3 Å². The second kappa shape index (κ2) is 9.36. The lowest BCUT2D eigenvalue weighted by Gasteiger charge is -2.56. The minimum Gasteiger partial charge on any atom is -0.484 e. The van der Waals surface area contributed by atoms with Crippen molar-refractivity contribution in [3.8, 4) is 5.75 Å². The molecule has 8 nitrogen and oxygen atoms in total. The van der Waals surface area contributed by atoms with Crippen molar-refractivity contribution in [1.82, 2.24) is 15.8 Å². The van der Waals surface area contributed by atoms with Crippen LogP contribution in [0.2, 0.25) is 0 Å². The van der Waals surface area contributed by atoms with E-state index in [2.05, 4.69) is 15.8 Å². The lowest BCUT2D eigenvalue weighted by atomic mass is 9.59. The van der Waals surface area contributed by atoms with Gasteiger partial charge in [-0.05, 0) is 56.4 Å². The van der Waals surface area contributed by atoms with Crippen molar-refractivity contribution in [3.63, 3.8) is 0 Å². The molecule has 0 spiro atoms. The standard InChI is InChI=1S/C22H24F5N3O5/c23-18(24)14-9-15(35-30-14)19(33)29-20-5-7-21(8-6-20,16(31)10-20)28-17(32)11-34-13-3-1-12(2-4-13)22(25,26)27/h1-4,9,16,18-19,29,31,33H,5-8,10-11H2,(H,28,32)/t16-,19?,20?,21?/m0/s1. The summed E-state index contributed by atoms with van der Waals surface area (Å²) < 4.78 is 73.4. The number of rotatable bonds is 8. The molecule has 4 N–H and O–H groups in total. The second-order valence-electron chi connectivity index (χ2n) is 9.02. The summed E-state index contributed by atoms with van der Waals surface area (Å²) in [6.07, 6.45) is -7.82. The molecule has 3 fully saturated rings. The van der Waals surface area contributed by atoms with E-state index in [4.69, 9.17) is 9.26 Å². The van der Waals surface area contributed by atoms with E-state index >= 15 is 0 Å². The van der Waals surface area contributed by atoms with Gasteiger partial charge < -0.3 is 24.8 Å². The highest BCUT2D eigenvalue weighted by Gasteiger charge is 2.55. The molecular formula is C22H24F5N3O5. The van der Waals surface area contributed by atoms with Crippen LogP contribution < -0.4 is 15.4 Å². The highest BCUT2D eigenvalue weighted by molar-refractivity contribution is 5.78. The average molecular weight is 505 g/mol. The fourth-order valence-corrected chi connectivity index (χ4v) is 4.79. The maximum absolute atomic E-state index is 12.7. The Balaban J connectivity index is 1.31. The number of halogens is 5. The van der Waals surface area contributed by atoms with Crippen molar-refractivity contribution in [1.29, 1.82) is 0 Å². The third kappa shape index (κ3) is 5.41. The van der Waals surface area contributed by atoms with Crippen LogP contribution >= 0.6 is 0 Å². The molecule has 1 aromatic carbocycles. The number of ether oxygens (including phenoxy) is 1. The highest BCUT2D eigenvalue weighted by atomic mass is 19.4. The number of hydrogen-bond acceptors (Lipinski definition) is 7. The molecule has 1 amide bonds. The van der Waals surface area contributed by atoms with Crippen molar-refractivity contribution in [3.05, 3.63) is 47.3 Å². The Labute approximate surface area is 196 Å². The molecule has 5 rings (SSSR count). The lowest BCUT2D eigenvalue weighted by Crippen LogP contribution is -2.70. The van der Waals surface area contributed by atoms with Crippen molar-refractivity contribution in [2.24, 2.45) is 0 Å². The van der Waals surface area contributed by atoms with Crippen molar-refractivity contribution in [2.75, 3.05) is 6.61 Å². The quantitative estimate of drug-likeness (QED) is 0.322. The van der Waals surface area contributed by atoms with Crippen LogP contribution in [0.25, 0.3) is 0 Å². The van der Waals surface area contributed by atoms with E-state index < -0.39 is 59.8 Å². The Morgan fingerprint density at radius 3 is 2.40 bits per heavy atom. The van der Waals surface area contributed by atoms with Gasteiger partial charge in [-0.15, -0.1) is 0 Å². The Morgan fingerprint density at radius 1 is 1.20 bits per heavy atom. The third-order valence-electron chi connectivity index (χ3n) is 6.74. The molecule has 2 atom stereocenters. The van der Waals surface area contributed by atoms with Gasteiger partial charge >= 0.3 is 6.18 Å². The normalized spacial score (nSPS) is 27.1. The van der Waals surface area contributed by atoms with Crippen molar-refractivity contribution in [2.45, 2.75) is 68.1 Å². The molecule has 0 aliphatic heterocycles. The number of nitrogens with zero attached hydrogens (tertiary/aromatic N) is 1. The van der Waals surface area contributed by atoms with Gasteiger partial charge in [0, 0.05) is 11.6 Å². The van der Waals surface area contributed by atoms with Gasteiger partial charge in [0.1, 0.15) is 11.4 Å². The number of alkyl halides is 5. The summed E-state index contributed by atoms with van der Waals surface area (Å²) in [6, 6.07) is 4.91. The Kier molecular flexibility index (Phi) is 6.77. The molecule has 0 radical (unpaired) electrons. The molecular weight excluding hydrogens is 481 g/mol. The Morgan fingerprint density at radius 2 is 1.86 bits per heavy atom. The molecule has 192 valence electrons. The summed E-state index contributed by atoms with van der Waals surface area (Å²) in [6.45, 7) is -0.445. The SMILES string of the molecule is O=C(COc1ccc(C(F)(F)F)cc1)NC12CCC(NC(O)c3cc(C(F)F)no3)(CC1)C[C@@H]2O. The van der Waals surface area contributed by atoms with Crippen LogP contribution in [0.5, 0.6) is 5.75 Å². The van der Waals surface area contributed by atoms with E-state index in [-0.39, 0.29) is 17.9 Å². The number of carbonyl (C=O) groups excluding carboxylic acids is 1. The number of amides is 1. The molecule has 3 aliphatic carbocycles. The number of aliphatic hydroxyl groups is 2. The number of carbonyl (C=O) groups is 1. The number of nitrogens with one attached hydrogen (secondary N) is 2. The van der Waals surface area contributed by atoms with Gasteiger partial charge in [-0.1, -0.05) is 5.16 Å². The molecule has 3 aliphatic rings. The van der Waals surface area contributed by atoms with Gasteiger partial charge in [-0.3, -0.25) is 10.1 Å². The van der Waals surface area contributed by atoms with E-state index in [0.29, 0.717) is 25.7 Å². The van der Waals surface area contributed by atoms with E-state index in [1.54, 1.807) is 0 Å². The molecule has 35 heavy (non-hydrogen) atoms. The average Bonchev–Trinajstić information content (AvgIpc) is 3.30. The molecule has 13 heteroatoms. The Bertz CT molecular complexity index is 1030. The first-order valence-electron chi connectivity index (χ1n) is 10.9. The minimum absolute atomic E-state index is 0.0955. The fraction of sp³-hybridized carbons (Fsp3) is 0.545. The van der Waals surface area contributed by atoms with Crippen LogP contribution in [-0.2, 0) is 11.0 Å². The predicted octanol–water partition coefficient (Wildman–Crippen LogP) is 3.22. The van der Waals surface area contributed by atoms with Crippen LogP contribution in [0.4, 0.5) is 22.0 Å². The molecule has 1 heterocycles. The summed E-state index contributed by atoms with van der Waals surface area (Å²) in [4.78, 5) is 12.5. The fourth-order valence-electron chi connectivity index (χ4n) is 4.79. The molecule has 1 unspecified atom stereocenters. The molecule has 0 saturated heterocycles. The van der Waals surface area contributed by atoms with Crippen LogP contribution in [0.3, 0.4) is 0 Å². The van der Waals surface area contributed by atoms with Crippen molar-refractivity contribution >= 4 is 5.91 Å². The van der Waals surface area contributed by atoms with Crippen LogP contribution in [-0.4, -0.2) is 45.1 Å². The van der Waals surface area contributed by atoms with Gasteiger partial charge in [0.15, 0.2) is 18.6 Å². The van der Waals surface area contributed by atoms with Gasteiger partial charge in [0.05, 0.1) is 17.2 Å². The number of benzene rings is 1. The first kappa shape index (κ1) is 25.3. The smallest absolute Gasteiger partial charge is 0.416 e. The first-order chi connectivity index (χ1) is 16.4. The highest BCUT2D eigenvalue weighted by Crippen LogP contribution is 2.48. The van der Waals surface area contributed by atoms with E-state index in [9.17, 15) is 37.0 Å². The van der Waals surface area contributed by atoms with Gasteiger partial charge in [-0.2, -0.15) is 13.2 Å². The van der Waals surface area contributed by atoms with Gasteiger partial charge in [-0.25, -0.2) is 8.78 Å². The minimum atomic E-state index is -4.48. The van der Waals surface area contributed by atoms with Crippen molar-refractivity contribution < 1.29 is 46.2 Å². The number of aliphatic hydroxyl groups excluding tert-OH is 2. The zero-order valence-electron chi connectivity index (χ0n) is 18.3. The van der Waals surface area contributed by atoms with E-state index in [1.165, 1.54) is 0 Å². The lowest BCUT2D eigenvalue weighted by molar-refractivity contribution is -0.137. The van der Waals surface area contributed by atoms with Crippen LogP contribution in [0.1, 0.15) is 61.8 Å². The number of aromatic nitrogens is 1. The monoisotopic (exact) mass is 505 g/mol. The van der Waals surface area contributed by atoms with Crippen LogP contribution in [0.15, 0.2) is 34.9 Å². The number of hydrogen-bond donors (Lipinski definition) is 4. The summed E-state index contributed by atoms with van der Waals surface area (Å²) in [5.74, 6) is -0.606. The summed E-state index contributed by atoms with van der Waals surface area (Å²) in [5.41, 5.74) is -3.03. The summed E-state index contributed by atoms with van der Waals surface area (Å²) in [7, 11) is 0. The Hall–Kier alpha value is -2.77. The largest absolute Gasteiger partial charge is 0.484 e. The van der Waals surface area contributed by atoms with Gasteiger partial charge in [0.2, 0.25) is 0 Å². The number of fused-ring (bicyclic) bond motifs is 3. The topological polar surface area (TPSA) is 117 Å². The summed E-state index contributed by atoms with van der Waals surface area (Å²) >= 11 is 0. The van der Waals surface area contributed by atoms with E-state index in [1.807, 2.05) is 0 Å². The molecule has 2 aromatic rings.